The van der Waals surface area contributed by atoms with E-state index in [9.17, 15) is 14.7 Å². The van der Waals surface area contributed by atoms with Crippen LogP contribution in [0.3, 0.4) is 0 Å². The summed E-state index contributed by atoms with van der Waals surface area (Å²) in [4.78, 5) is 27.7. The van der Waals surface area contributed by atoms with Crippen molar-refractivity contribution in [2.75, 3.05) is 19.1 Å². The van der Waals surface area contributed by atoms with Gasteiger partial charge in [-0.05, 0) is 62.7 Å². The van der Waals surface area contributed by atoms with Crippen molar-refractivity contribution in [2.24, 2.45) is 0 Å². The first-order valence-electron chi connectivity index (χ1n) is 10.8. The monoisotopic (exact) mass is 495 g/mol. The number of ketones is 1. The number of rotatable bonds is 7. The zero-order chi connectivity index (χ0) is 25.3. The smallest absolute Gasteiger partial charge is 0.301 e. The molecular weight excluding hydrogens is 470 g/mol. The number of carbonyl (C=O) groups excluding carboxylic acids is 2. The fourth-order valence-corrected chi connectivity index (χ4v) is 4.58. The zero-order valence-corrected chi connectivity index (χ0v) is 20.8. The number of aryl methyl sites for hydroxylation is 1. The first-order valence-corrected chi connectivity index (χ1v) is 11.7. The van der Waals surface area contributed by atoms with Crippen LogP contribution in [0.4, 0.5) is 5.13 Å². The summed E-state index contributed by atoms with van der Waals surface area (Å²) in [5.41, 5.74) is 0.849. The lowest BCUT2D eigenvalue weighted by Crippen LogP contribution is -2.29. The fourth-order valence-electron chi connectivity index (χ4n) is 3.87. The van der Waals surface area contributed by atoms with Crippen molar-refractivity contribution in [3.63, 3.8) is 0 Å². The molecule has 0 spiro atoms. The SMILES string of the molecule is COc1ccc([C@H]2C(=C(O)c3ccc(OC(C)C)cc3)C(=O)C(=O)N2c2nnc(C)s2)cc1OC. The number of hydrogen-bond acceptors (Lipinski definition) is 9. The van der Waals surface area contributed by atoms with E-state index in [2.05, 4.69) is 10.2 Å². The summed E-state index contributed by atoms with van der Waals surface area (Å²) < 4.78 is 16.4. The maximum atomic E-state index is 13.3. The quantitative estimate of drug-likeness (QED) is 0.294. The van der Waals surface area contributed by atoms with E-state index >= 15 is 0 Å². The number of benzene rings is 2. The number of methoxy groups -OCH3 is 2. The van der Waals surface area contributed by atoms with Crippen LogP contribution in [0.2, 0.25) is 0 Å². The second kappa shape index (κ2) is 9.75. The van der Waals surface area contributed by atoms with E-state index in [0.717, 1.165) is 0 Å². The number of nitrogens with zero attached hydrogens (tertiary/aromatic N) is 3. The van der Waals surface area contributed by atoms with E-state index in [0.29, 0.717) is 33.4 Å². The van der Waals surface area contributed by atoms with Crippen molar-refractivity contribution in [1.82, 2.24) is 10.2 Å². The molecule has 0 aliphatic carbocycles. The maximum absolute atomic E-state index is 13.3. The van der Waals surface area contributed by atoms with Crippen LogP contribution in [0.1, 0.15) is 36.0 Å². The Bertz CT molecular complexity index is 1300. The Labute approximate surface area is 206 Å². The lowest BCUT2D eigenvalue weighted by atomic mass is 9.95. The van der Waals surface area contributed by atoms with Gasteiger partial charge in [-0.3, -0.25) is 14.5 Å². The van der Waals surface area contributed by atoms with Gasteiger partial charge in [0, 0.05) is 5.56 Å². The van der Waals surface area contributed by atoms with Gasteiger partial charge in [-0.1, -0.05) is 17.4 Å². The van der Waals surface area contributed by atoms with Crippen LogP contribution in [0, 0.1) is 6.92 Å². The third-order valence-corrected chi connectivity index (χ3v) is 6.23. The Balaban J connectivity index is 1.88. The minimum atomic E-state index is -0.950. The molecule has 1 saturated heterocycles. The van der Waals surface area contributed by atoms with Crippen molar-refractivity contribution >= 4 is 33.9 Å². The molecule has 2 aromatic carbocycles. The van der Waals surface area contributed by atoms with Crippen molar-refractivity contribution in [2.45, 2.75) is 32.9 Å². The van der Waals surface area contributed by atoms with Crippen LogP contribution in [0.5, 0.6) is 17.2 Å². The van der Waals surface area contributed by atoms with E-state index < -0.39 is 17.7 Å². The van der Waals surface area contributed by atoms with Crippen molar-refractivity contribution in [1.29, 1.82) is 0 Å². The van der Waals surface area contributed by atoms with Crippen molar-refractivity contribution < 1.29 is 28.9 Å². The Hall–Kier alpha value is -3.92. The third kappa shape index (κ3) is 4.57. The first-order chi connectivity index (χ1) is 16.7. The lowest BCUT2D eigenvalue weighted by Gasteiger charge is -2.23. The third-order valence-electron chi connectivity index (χ3n) is 5.39. The normalized spacial score (nSPS) is 17.2. The molecule has 4 rings (SSSR count). The van der Waals surface area contributed by atoms with Crippen LogP contribution in [-0.4, -0.2) is 47.3 Å². The Morgan fingerprint density at radius 1 is 1.03 bits per heavy atom. The standard InChI is InChI=1S/C25H25N3O6S/c1-13(2)34-17-9-6-15(7-10-17)22(29)20-21(16-8-11-18(32-4)19(12-16)33-5)28(24(31)23(20)30)25-27-26-14(3)35-25/h6-13,21,29H,1-5H3/t21-/m0/s1. The van der Waals surface area contributed by atoms with Crippen LogP contribution in [0.25, 0.3) is 5.76 Å². The highest BCUT2D eigenvalue weighted by Crippen LogP contribution is 2.44. The minimum Gasteiger partial charge on any atom is -0.507 e. The van der Waals surface area contributed by atoms with E-state index in [1.165, 1.54) is 30.5 Å². The molecule has 2 heterocycles. The second-order valence-electron chi connectivity index (χ2n) is 8.08. The highest BCUT2D eigenvalue weighted by atomic mass is 32.1. The molecule has 1 fully saturated rings. The molecule has 1 aliphatic heterocycles. The maximum Gasteiger partial charge on any atom is 0.301 e. The summed E-state index contributed by atoms with van der Waals surface area (Å²) in [6, 6.07) is 10.8. The summed E-state index contributed by atoms with van der Waals surface area (Å²) >= 11 is 1.18. The van der Waals surface area contributed by atoms with Crippen LogP contribution < -0.4 is 19.1 Å². The zero-order valence-electron chi connectivity index (χ0n) is 19.9. The van der Waals surface area contributed by atoms with Gasteiger partial charge in [0.15, 0.2) is 11.5 Å². The first kappa shape index (κ1) is 24.2. The fraction of sp³-hybridized carbons (Fsp3) is 0.280. The molecular formula is C25H25N3O6S. The predicted octanol–water partition coefficient (Wildman–Crippen LogP) is 4.28. The number of Topliss-reactive ketones (excluding diaryl/α,β-unsaturated/α-hetero) is 1. The Morgan fingerprint density at radius 3 is 2.29 bits per heavy atom. The van der Waals surface area contributed by atoms with Crippen LogP contribution >= 0.6 is 11.3 Å². The lowest BCUT2D eigenvalue weighted by molar-refractivity contribution is -0.132. The van der Waals surface area contributed by atoms with E-state index in [1.54, 1.807) is 49.4 Å². The van der Waals surface area contributed by atoms with Crippen molar-refractivity contribution in [3.05, 3.63) is 64.2 Å². The molecule has 3 aromatic rings. The molecule has 0 saturated carbocycles. The summed E-state index contributed by atoms with van der Waals surface area (Å²) in [6.45, 7) is 5.57. The van der Waals surface area contributed by atoms with Gasteiger partial charge in [-0.2, -0.15) is 0 Å². The number of carbonyl (C=O) groups is 2. The van der Waals surface area contributed by atoms with Gasteiger partial charge in [0.2, 0.25) is 5.13 Å². The Morgan fingerprint density at radius 2 is 1.71 bits per heavy atom. The average molecular weight is 496 g/mol. The molecule has 182 valence electrons. The van der Waals surface area contributed by atoms with E-state index in [1.807, 2.05) is 13.8 Å². The van der Waals surface area contributed by atoms with Gasteiger partial charge in [-0.25, -0.2) is 0 Å². The second-order valence-corrected chi connectivity index (χ2v) is 9.24. The number of ether oxygens (including phenoxy) is 3. The van der Waals surface area contributed by atoms with Gasteiger partial charge >= 0.3 is 5.91 Å². The summed E-state index contributed by atoms with van der Waals surface area (Å²) in [5.74, 6) is -0.402. The molecule has 0 unspecified atom stereocenters. The number of aromatic nitrogens is 2. The molecule has 0 bridgehead atoms. The number of aliphatic hydroxyl groups is 1. The molecule has 1 aliphatic rings. The topological polar surface area (TPSA) is 111 Å². The highest BCUT2D eigenvalue weighted by Gasteiger charge is 2.48. The number of hydrogen-bond donors (Lipinski definition) is 1. The van der Waals surface area contributed by atoms with Gasteiger partial charge in [0.05, 0.1) is 31.9 Å². The van der Waals surface area contributed by atoms with Crippen LogP contribution in [-0.2, 0) is 9.59 Å². The highest BCUT2D eigenvalue weighted by molar-refractivity contribution is 7.15. The largest absolute Gasteiger partial charge is 0.507 e. The van der Waals surface area contributed by atoms with Gasteiger partial charge in [0.25, 0.3) is 5.78 Å². The average Bonchev–Trinajstić information content (AvgIpc) is 3.38. The minimum absolute atomic E-state index is 0.0137. The molecule has 10 heteroatoms. The van der Waals surface area contributed by atoms with Crippen molar-refractivity contribution in [3.8, 4) is 17.2 Å². The summed E-state index contributed by atoms with van der Waals surface area (Å²) in [6.07, 6.45) is -0.0137. The summed E-state index contributed by atoms with van der Waals surface area (Å²) in [5, 5.41) is 20.2. The van der Waals surface area contributed by atoms with Gasteiger partial charge in [0.1, 0.15) is 16.5 Å². The molecule has 9 nitrogen and oxygen atoms in total. The molecule has 35 heavy (non-hydrogen) atoms. The van der Waals surface area contributed by atoms with Gasteiger partial charge < -0.3 is 19.3 Å². The molecule has 1 aromatic heterocycles. The summed E-state index contributed by atoms with van der Waals surface area (Å²) in [7, 11) is 3.01. The van der Waals surface area contributed by atoms with E-state index in [4.69, 9.17) is 14.2 Å². The number of amides is 1. The molecule has 1 N–H and O–H groups in total. The van der Waals surface area contributed by atoms with E-state index in [-0.39, 0.29) is 22.6 Å². The number of anilines is 1. The molecule has 0 radical (unpaired) electrons. The molecule has 1 atom stereocenters. The van der Waals surface area contributed by atoms with Gasteiger partial charge in [-0.15, -0.1) is 10.2 Å². The van der Waals surface area contributed by atoms with Crippen LogP contribution in [0.15, 0.2) is 48.0 Å². The predicted molar refractivity (Wildman–Crippen MR) is 131 cm³/mol. The number of aliphatic hydroxyl groups excluding tert-OH is 1. The molecule has 1 amide bonds. The Kier molecular flexibility index (Phi) is 6.74.